The zero-order valence-corrected chi connectivity index (χ0v) is 19.9. The molecule has 8 heteroatoms. The Labute approximate surface area is 198 Å². The van der Waals surface area contributed by atoms with Crippen LogP contribution in [0.2, 0.25) is 5.02 Å². The number of Topliss-reactive ketones (excluding diaryl/α,β-unsaturated/α-hetero) is 1. The van der Waals surface area contributed by atoms with Gasteiger partial charge in [-0.1, -0.05) is 30.7 Å². The average molecular weight is 474 g/mol. The summed E-state index contributed by atoms with van der Waals surface area (Å²) in [5.41, 5.74) is 1.65. The number of hydrogen-bond donors (Lipinski definition) is 1. The maximum absolute atomic E-state index is 13.1. The predicted molar refractivity (Wildman–Crippen MR) is 126 cm³/mol. The third-order valence-electron chi connectivity index (χ3n) is 5.39. The van der Waals surface area contributed by atoms with Gasteiger partial charge in [-0.3, -0.25) is 9.59 Å². The van der Waals surface area contributed by atoms with Gasteiger partial charge < -0.3 is 24.2 Å². The van der Waals surface area contributed by atoms with E-state index in [0.717, 1.165) is 12.0 Å². The number of hydrogen-bond acceptors (Lipinski definition) is 6. The molecule has 0 bridgehead atoms. The first kappa shape index (κ1) is 24.6. The molecule has 0 aromatic heterocycles. The molecule has 176 valence electrons. The molecule has 1 atom stereocenters. The topological polar surface area (TPSA) is 85.3 Å². The number of halogens is 1. The molecule has 0 saturated carbocycles. The third-order valence-corrected chi connectivity index (χ3v) is 5.67. The second-order valence-corrected chi connectivity index (χ2v) is 8.14. The van der Waals surface area contributed by atoms with E-state index in [1.807, 2.05) is 13.8 Å². The van der Waals surface area contributed by atoms with Crippen molar-refractivity contribution < 1.29 is 28.9 Å². The van der Waals surface area contributed by atoms with Crippen molar-refractivity contribution in [3.05, 3.63) is 63.7 Å². The van der Waals surface area contributed by atoms with Crippen molar-refractivity contribution in [1.82, 2.24) is 4.90 Å². The van der Waals surface area contributed by atoms with E-state index in [4.69, 9.17) is 25.8 Å². The van der Waals surface area contributed by atoms with E-state index in [0.29, 0.717) is 22.9 Å². The van der Waals surface area contributed by atoms with E-state index in [2.05, 4.69) is 0 Å². The largest absolute Gasteiger partial charge is 0.507 e. The van der Waals surface area contributed by atoms with Crippen LogP contribution in [0.3, 0.4) is 0 Å². The normalized spacial score (nSPS) is 17.5. The number of aliphatic hydroxyl groups is 1. The summed E-state index contributed by atoms with van der Waals surface area (Å²) in [6.07, 6.45) is 0.875. The molecule has 3 rings (SSSR count). The number of ketones is 1. The zero-order chi connectivity index (χ0) is 24.1. The van der Waals surface area contributed by atoms with Gasteiger partial charge in [0.05, 0.1) is 42.5 Å². The first-order valence-electron chi connectivity index (χ1n) is 10.7. The molecule has 1 unspecified atom stereocenters. The van der Waals surface area contributed by atoms with Crippen molar-refractivity contribution in [2.75, 3.05) is 34.0 Å². The molecule has 1 fully saturated rings. The number of rotatable bonds is 9. The van der Waals surface area contributed by atoms with Gasteiger partial charge in [0.25, 0.3) is 11.7 Å². The van der Waals surface area contributed by atoms with Gasteiger partial charge in [0.15, 0.2) is 0 Å². The maximum Gasteiger partial charge on any atom is 0.295 e. The minimum absolute atomic E-state index is 0.0294. The molecule has 1 aliphatic heterocycles. The van der Waals surface area contributed by atoms with Crippen LogP contribution >= 0.6 is 11.6 Å². The Kier molecular flexibility index (Phi) is 8.00. The fourth-order valence-electron chi connectivity index (χ4n) is 3.87. The molecular formula is C25H28ClNO6. The van der Waals surface area contributed by atoms with Crippen LogP contribution in [0.15, 0.2) is 42.0 Å². The van der Waals surface area contributed by atoms with Crippen molar-refractivity contribution in [2.45, 2.75) is 26.3 Å². The maximum atomic E-state index is 13.1. The lowest BCUT2D eigenvalue weighted by Crippen LogP contribution is -2.32. The van der Waals surface area contributed by atoms with Crippen LogP contribution in [0, 0.1) is 6.92 Å². The Morgan fingerprint density at radius 3 is 2.42 bits per heavy atom. The molecule has 7 nitrogen and oxygen atoms in total. The van der Waals surface area contributed by atoms with Gasteiger partial charge in [-0.25, -0.2) is 0 Å². The number of methoxy groups -OCH3 is 2. The lowest BCUT2D eigenvalue weighted by Gasteiger charge is -2.25. The molecular weight excluding hydrogens is 446 g/mol. The number of aliphatic hydroxyl groups excluding tert-OH is 1. The van der Waals surface area contributed by atoms with Gasteiger partial charge in [-0.15, -0.1) is 0 Å². The van der Waals surface area contributed by atoms with Gasteiger partial charge in [0, 0.05) is 13.7 Å². The van der Waals surface area contributed by atoms with Crippen molar-refractivity contribution in [3.63, 3.8) is 0 Å². The molecule has 1 N–H and O–H groups in total. The van der Waals surface area contributed by atoms with Gasteiger partial charge in [0.2, 0.25) is 0 Å². The first-order valence-corrected chi connectivity index (χ1v) is 11.1. The van der Waals surface area contributed by atoms with Crippen LogP contribution in [0.5, 0.6) is 11.5 Å². The molecule has 1 saturated heterocycles. The van der Waals surface area contributed by atoms with E-state index in [1.54, 1.807) is 36.4 Å². The monoisotopic (exact) mass is 473 g/mol. The summed E-state index contributed by atoms with van der Waals surface area (Å²) in [6.45, 7) is 4.83. The minimum atomic E-state index is -0.802. The molecule has 2 aromatic rings. The van der Waals surface area contributed by atoms with E-state index >= 15 is 0 Å². The summed E-state index contributed by atoms with van der Waals surface area (Å²) in [7, 11) is 2.95. The number of amides is 1. The smallest absolute Gasteiger partial charge is 0.295 e. The highest BCUT2D eigenvalue weighted by Gasteiger charge is 2.46. The van der Waals surface area contributed by atoms with Crippen molar-refractivity contribution in [3.8, 4) is 11.5 Å². The van der Waals surface area contributed by atoms with Crippen LogP contribution in [0.4, 0.5) is 0 Å². The van der Waals surface area contributed by atoms with Crippen molar-refractivity contribution >= 4 is 29.1 Å². The number of aryl methyl sites for hydroxylation is 1. The predicted octanol–water partition coefficient (Wildman–Crippen LogP) is 4.51. The summed E-state index contributed by atoms with van der Waals surface area (Å²) >= 11 is 6.31. The fourth-order valence-corrected chi connectivity index (χ4v) is 4.22. The molecule has 33 heavy (non-hydrogen) atoms. The summed E-state index contributed by atoms with van der Waals surface area (Å²) in [5, 5.41) is 11.6. The molecule has 1 amide bonds. The minimum Gasteiger partial charge on any atom is -0.507 e. The fraction of sp³-hybridized carbons (Fsp3) is 0.360. The summed E-state index contributed by atoms with van der Waals surface area (Å²) in [4.78, 5) is 27.4. The summed E-state index contributed by atoms with van der Waals surface area (Å²) < 4.78 is 16.2. The second-order valence-electron chi connectivity index (χ2n) is 7.73. The zero-order valence-electron chi connectivity index (χ0n) is 19.2. The number of carbonyl (C=O) groups is 2. The highest BCUT2D eigenvalue weighted by molar-refractivity contribution is 6.46. The Morgan fingerprint density at radius 2 is 1.82 bits per heavy atom. The second kappa shape index (κ2) is 10.7. The Balaban J connectivity index is 2.17. The third kappa shape index (κ3) is 4.99. The first-order chi connectivity index (χ1) is 15.8. The van der Waals surface area contributed by atoms with E-state index < -0.39 is 17.7 Å². The summed E-state index contributed by atoms with van der Waals surface area (Å²) in [5.74, 6) is -0.916. The average Bonchev–Trinajstić information content (AvgIpc) is 3.05. The number of likely N-dealkylation sites (tertiary alicyclic amines) is 1. The lowest BCUT2D eigenvalue weighted by molar-refractivity contribution is -0.140. The van der Waals surface area contributed by atoms with Crippen molar-refractivity contribution in [1.29, 1.82) is 0 Å². The van der Waals surface area contributed by atoms with Gasteiger partial charge in [-0.2, -0.15) is 0 Å². The van der Waals surface area contributed by atoms with Crippen LogP contribution in [-0.2, 0) is 14.3 Å². The van der Waals surface area contributed by atoms with Crippen LogP contribution < -0.4 is 9.47 Å². The molecule has 0 aliphatic carbocycles. The van der Waals surface area contributed by atoms with Crippen molar-refractivity contribution in [2.24, 2.45) is 0 Å². The van der Waals surface area contributed by atoms with E-state index in [-0.39, 0.29) is 35.8 Å². The molecule has 1 aliphatic rings. The van der Waals surface area contributed by atoms with Gasteiger partial charge >= 0.3 is 0 Å². The van der Waals surface area contributed by atoms with Gasteiger partial charge in [-0.05, 0) is 48.7 Å². The SMILES string of the molecule is CCCOc1ccc(C2/C(=C(\O)c3cc(C)cc(Cl)c3OC)C(=O)C(=O)N2CCOC)cc1. The number of carbonyl (C=O) groups excluding carboxylic acids is 2. The molecule has 0 spiro atoms. The van der Waals surface area contributed by atoms with E-state index in [9.17, 15) is 14.7 Å². The highest BCUT2D eigenvalue weighted by Crippen LogP contribution is 2.42. The highest BCUT2D eigenvalue weighted by atomic mass is 35.5. The Bertz CT molecular complexity index is 1060. The molecule has 1 heterocycles. The van der Waals surface area contributed by atoms with Crippen LogP contribution in [0.1, 0.15) is 36.1 Å². The standard InChI is InChI=1S/C25H28ClNO6/c1-5-11-33-17-8-6-16(7-9-17)21-20(23(29)25(30)27(21)10-12-31-3)22(28)18-13-15(2)14-19(26)24(18)32-4/h6-9,13-14,21,28H,5,10-12H2,1-4H3/b22-20+. The van der Waals surface area contributed by atoms with Crippen LogP contribution in [0.25, 0.3) is 5.76 Å². The van der Waals surface area contributed by atoms with Gasteiger partial charge in [0.1, 0.15) is 17.3 Å². The number of ether oxygens (including phenoxy) is 3. The summed E-state index contributed by atoms with van der Waals surface area (Å²) in [6, 6.07) is 9.70. The Morgan fingerprint density at radius 1 is 1.12 bits per heavy atom. The van der Waals surface area contributed by atoms with Crippen LogP contribution in [-0.4, -0.2) is 55.7 Å². The quantitative estimate of drug-likeness (QED) is 0.327. The Hall–Kier alpha value is -3.03. The number of nitrogens with zero attached hydrogens (tertiary/aromatic N) is 1. The number of benzene rings is 2. The molecule has 0 radical (unpaired) electrons. The lowest BCUT2D eigenvalue weighted by atomic mass is 9.94. The van der Waals surface area contributed by atoms with E-state index in [1.165, 1.54) is 19.1 Å². The molecule has 2 aromatic carbocycles.